The largest absolute Gasteiger partial charge is 0.511 e. The second-order valence-electron chi connectivity index (χ2n) is 10.5. The lowest BCUT2D eigenvalue weighted by Gasteiger charge is -2.45. The second-order valence-corrected chi connectivity index (χ2v) is 15.2. The Balaban J connectivity index is 1.49. The van der Waals surface area contributed by atoms with E-state index in [1.54, 1.807) is 5.38 Å². The molecule has 0 radical (unpaired) electrons. The molecule has 9 nitrogen and oxygen atoms in total. The normalized spacial score (nSPS) is 26.8. The smallest absolute Gasteiger partial charge is 0.287 e. The van der Waals surface area contributed by atoms with Crippen LogP contribution in [0.5, 0.6) is 0 Å². The number of sulfonamides is 1. The van der Waals surface area contributed by atoms with Crippen LogP contribution in [-0.2, 0) is 31.1 Å². The lowest BCUT2D eigenvalue weighted by Crippen LogP contribution is -2.54. The Kier molecular flexibility index (Phi) is 6.97. The van der Waals surface area contributed by atoms with Crippen molar-refractivity contribution in [2.24, 2.45) is 16.2 Å². The van der Waals surface area contributed by atoms with Crippen LogP contribution in [0, 0.1) is 11.8 Å². The van der Waals surface area contributed by atoms with Crippen molar-refractivity contribution >= 4 is 47.9 Å². The number of carbonyl (C=O) groups excluding carboxylic acids is 1. The highest BCUT2D eigenvalue weighted by molar-refractivity contribution is 7.91. The van der Waals surface area contributed by atoms with E-state index >= 15 is 0 Å². The van der Waals surface area contributed by atoms with E-state index in [2.05, 4.69) is 9.71 Å². The van der Waals surface area contributed by atoms with Crippen LogP contribution in [0.15, 0.2) is 26.0 Å². The number of carbonyl (C=O) groups is 1. The Morgan fingerprint density at radius 1 is 1.14 bits per heavy atom. The lowest BCUT2D eigenvalue weighted by molar-refractivity contribution is -0.133. The summed E-state index contributed by atoms with van der Waals surface area (Å²) in [6.45, 7) is 0.622. The van der Waals surface area contributed by atoms with Crippen LogP contribution < -0.4 is 5.32 Å². The van der Waals surface area contributed by atoms with Crippen molar-refractivity contribution in [2.75, 3.05) is 23.9 Å². The standard InChI is InChI=1S/C24H33N3O6S3/c1-35(30,31)12-11-16-14-34-23-21(16)36(32,33)26-22(25-23)19-20(28)17-9-5-6-10-18(17)27(24(19)29)13-15-7-3-2-4-8-15/h14-15,17-18,28H,2-13H2,1H3,(H,25,26). The highest BCUT2D eigenvalue weighted by atomic mass is 32.2. The lowest BCUT2D eigenvalue weighted by atomic mass is 9.77. The van der Waals surface area contributed by atoms with Crippen molar-refractivity contribution in [3.63, 3.8) is 0 Å². The summed E-state index contributed by atoms with van der Waals surface area (Å²) in [6, 6.07) is -0.0716. The molecule has 1 aromatic heterocycles. The fourth-order valence-electron chi connectivity index (χ4n) is 6.11. The van der Waals surface area contributed by atoms with Crippen molar-refractivity contribution in [2.45, 2.75) is 75.1 Å². The van der Waals surface area contributed by atoms with Gasteiger partial charge in [0.25, 0.3) is 15.9 Å². The fourth-order valence-corrected chi connectivity index (χ4v) is 9.37. The molecule has 12 heteroatoms. The quantitative estimate of drug-likeness (QED) is 0.547. The number of aryl methyl sites for hydroxylation is 1. The predicted molar refractivity (Wildman–Crippen MR) is 140 cm³/mol. The van der Waals surface area contributed by atoms with Crippen LogP contribution in [0.1, 0.15) is 63.4 Å². The van der Waals surface area contributed by atoms with E-state index in [4.69, 9.17) is 0 Å². The third kappa shape index (κ3) is 4.96. The maximum atomic E-state index is 13.8. The molecule has 2 N–H and O–H groups in total. The maximum absolute atomic E-state index is 13.8. The van der Waals surface area contributed by atoms with E-state index in [0.29, 0.717) is 23.0 Å². The summed E-state index contributed by atoms with van der Waals surface area (Å²) in [7, 11) is -7.46. The van der Waals surface area contributed by atoms with Crippen molar-refractivity contribution in [1.82, 2.24) is 4.90 Å². The molecule has 1 amide bonds. The maximum Gasteiger partial charge on any atom is 0.287 e. The number of amidine groups is 1. The number of amides is 1. The SMILES string of the molecule is CS(=O)(=O)CCc1csc2c1S(=O)(=O)N=C(C1=C(O)C3CCCCC3N(CC3CCCCC3)C1=O)N2. The molecule has 2 fully saturated rings. The molecule has 0 bridgehead atoms. The Morgan fingerprint density at radius 2 is 1.83 bits per heavy atom. The molecule has 2 saturated carbocycles. The Bertz CT molecular complexity index is 1320. The first kappa shape index (κ1) is 25.7. The molecule has 198 valence electrons. The van der Waals surface area contributed by atoms with Crippen LogP contribution in [0.3, 0.4) is 0 Å². The molecular weight excluding hydrogens is 522 g/mol. The first-order valence-electron chi connectivity index (χ1n) is 12.7. The molecule has 0 aromatic carbocycles. The molecule has 2 unspecified atom stereocenters. The molecule has 1 aromatic rings. The van der Waals surface area contributed by atoms with Crippen LogP contribution in [-0.4, -0.2) is 63.2 Å². The predicted octanol–water partition coefficient (Wildman–Crippen LogP) is 3.64. The molecule has 2 aliphatic carbocycles. The van der Waals surface area contributed by atoms with E-state index in [1.807, 2.05) is 4.90 Å². The van der Waals surface area contributed by atoms with Gasteiger partial charge >= 0.3 is 0 Å². The minimum atomic E-state index is -4.19. The minimum Gasteiger partial charge on any atom is -0.511 e. The number of hydrogen-bond donors (Lipinski definition) is 2. The van der Waals surface area contributed by atoms with E-state index in [1.165, 1.54) is 6.42 Å². The molecule has 5 rings (SSSR count). The zero-order chi connectivity index (χ0) is 25.7. The number of sulfone groups is 1. The summed E-state index contributed by atoms with van der Waals surface area (Å²) in [5.41, 5.74) is 0.337. The van der Waals surface area contributed by atoms with Gasteiger partial charge in [0.1, 0.15) is 31.1 Å². The van der Waals surface area contributed by atoms with Gasteiger partial charge in [-0.25, -0.2) is 8.42 Å². The third-order valence-electron chi connectivity index (χ3n) is 7.89. The summed E-state index contributed by atoms with van der Waals surface area (Å²) in [6.07, 6.45) is 10.4. The summed E-state index contributed by atoms with van der Waals surface area (Å²) in [5.74, 6) is -0.552. The minimum absolute atomic E-state index is 0.0437. The van der Waals surface area contributed by atoms with Crippen molar-refractivity contribution in [1.29, 1.82) is 0 Å². The van der Waals surface area contributed by atoms with Crippen molar-refractivity contribution < 1.29 is 26.7 Å². The van der Waals surface area contributed by atoms with Crippen LogP contribution in [0.2, 0.25) is 0 Å². The van der Waals surface area contributed by atoms with E-state index in [9.17, 15) is 26.7 Å². The van der Waals surface area contributed by atoms with Gasteiger partial charge in [-0.15, -0.1) is 15.7 Å². The molecule has 0 saturated heterocycles. The first-order chi connectivity index (χ1) is 17.0. The summed E-state index contributed by atoms with van der Waals surface area (Å²) >= 11 is 1.13. The molecule has 36 heavy (non-hydrogen) atoms. The van der Waals surface area contributed by atoms with Crippen LogP contribution in [0.25, 0.3) is 0 Å². The Morgan fingerprint density at radius 3 is 2.56 bits per heavy atom. The first-order valence-corrected chi connectivity index (χ1v) is 17.1. The summed E-state index contributed by atoms with van der Waals surface area (Å²) < 4.78 is 53.6. The summed E-state index contributed by atoms with van der Waals surface area (Å²) in [5, 5.41) is 16.2. The van der Waals surface area contributed by atoms with E-state index < -0.39 is 19.9 Å². The number of thiophene rings is 1. The number of rotatable bonds is 6. The number of fused-ring (bicyclic) bond motifs is 2. The van der Waals surface area contributed by atoms with Gasteiger partial charge < -0.3 is 15.3 Å². The second kappa shape index (κ2) is 9.75. The third-order valence-corrected chi connectivity index (χ3v) is 11.3. The van der Waals surface area contributed by atoms with Crippen LogP contribution in [0.4, 0.5) is 5.00 Å². The van der Waals surface area contributed by atoms with Crippen molar-refractivity contribution in [3.05, 3.63) is 22.3 Å². The zero-order valence-corrected chi connectivity index (χ0v) is 22.9. The van der Waals surface area contributed by atoms with Crippen molar-refractivity contribution in [3.8, 4) is 0 Å². The topological polar surface area (TPSA) is 133 Å². The van der Waals surface area contributed by atoms with Gasteiger partial charge in [-0.2, -0.15) is 8.42 Å². The average Bonchev–Trinajstić information content (AvgIpc) is 3.25. The van der Waals surface area contributed by atoms with E-state index in [0.717, 1.165) is 69.0 Å². The van der Waals surface area contributed by atoms with Gasteiger partial charge in [-0.05, 0) is 49.0 Å². The molecule has 2 atom stereocenters. The fraction of sp³-hybridized carbons (Fsp3) is 0.667. The highest BCUT2D eigenvalue weighted by Crippen LogP contribution is 2.42. The van der Waals surface area contributed by atoms with E-state index in [-0.39, 0.29) is 52.1 Å². The number of aliphatic hydroxyl groups excluding tert-OH is 1. The molecular formula is C24H33N3O6S3. The van der Waals surface area contributed by atoms with Gasteiger partial charge in [0.05, 0.1) is 5.75 Å². The number of nitrogens with zero attached hydrogens (tertiary/aromatic N) is 2. The average molecular weight is 556 g/mol. The number of anilines is 1. The van der Waals surface area contributed by atoms with Gasteiger partial charge in [-0.1, -0.05) is 32.1 Å². The van der Waals surface area contributed by atoms with Crippen LogP contribution >= 0.6 is 11.3 Å². The van der Waals surface area contributed by atoms with Gasteiger partial charge in [-0.3, -0.25) is 4.79 Å². The summed E-state index contributed by atoms with van der Waals surface area (Å²) in [4.78, 5) is 15.7. The molecule has 2 aliphatic heterocycles. The Labute approximate surface area is 216 Å². The monoisotopic (exact) mass is 555 g/mol. The molecule has 0 spiro atoms. The zero-order valence-electron chi connectivity index (χ0n) is 20.4. The van der Waals surface area contributed by atoms with Gasteiger partial charge in [0.2, 0.25) is 0 Å². The number of aliphatic hydroxyl groups is 1. The highest BCUT2D eigenvalue weighted by Gasteiger charge is 2.46. The Hall–Kier alpha value is -1.92. The van der Waals surface area contributed by atoms with Gasteiger partial charge in [0, 0.05) is 24.8 Å². The number of nitrogens with one attached hydrogen (secondary N) is 1. The van der Waals surface area contributed by atoms with Gasteiger partial charge in [0.15, 0.2) is 5.84 Å². The number of hydrogen-bond acceptors (Lipinski definition) is 8. The molecule has 4 aliphatic rings. The molecule has 3 heterocycles.